The zero-order valence-electron chi connectivity index (χ0n) is 9.13. The normalized spacial score (nSPS) is 16.6. The van der Waals surface area contributed by atoms with Crippen molar-refractivity contribution in [2.75, 3.05) is 12.3 Å². The standard InChI is InChI=1S/C10H15N3O2S/c1-2-13(8-3-4-8)16(14,15)9-5-6-12-10(11)7-9/h5-8H,2-4H2,1H3,(H2,11,12). The van der Waals surface area contributed by atoms with E-state index in [2.05, 4.69) is 4.98 Å². The van der Waals surface area contributed by atoms with Crippen molar-refractivity contribution in [1.29, 1.82) is 0 Å². The Bertz CT molecular complexity index is 483. The molecule has 6 heteroatoms. The number of nitrogen functional groups attached to an aromatic ring is 1. The first-order valence-corrected chi connectivity index (χ1v) is 6.73. The highest BCUT2D eigenvalue weighted by Crippen LogP contribution is 2.31. The average Bonchev–Trinajstić information content (AvgIpc) is 3.03. The predicted molar refractivity (Wildman–Crippen MR) is 61.2 cm³/mol. The molecule has 1 saturated carbocycles. The molecular formula is C10H15N3O2S. The number of aromatic nitrogens is 1. The van der Waals surface area contributed by atoms with Crippen LogP contribution in [0.4, 0.5) is 5.82 Å². The van der Waals surface area contributed by atoms with E-state index in [0.29, 0.717) is 6.54 Å². The Labute approximate surface area is 95.3 Å². The maximum atomic E-state index is 12.2. The fraction of sp³-hybridized carbons (Fsp3) is 0.500. The Morgan fingerprint density at radius 1 is 1.56 bits per heavy atom. The molecule has 1 aromatic rings. The summed E-state index contributed by atoms with van der Waals surface area (Å²) < 4.78 is 26.0. The number of hydrogen-bond acceptors (Lipinski definition) is 4. The molecule has 5 nitrogen and oxygen atoms in total. The van der Waals surface area contributed by atoms with E-state index in [1.807, 2.05) is 6.92 Å². The van der Waals surface area contributed by atoms with E-state index in [0.717, 1.165) is 12.8 Å². The first kappa shape index (κ1) is 11.3. The van der Waals surface area contributed by atoms with Gasteiger partial charge in [0.15, 0.2) is 0 Å². The van der Waals surface area contributed by atoms with Crippen molar-refractivity contribution in [2.24, 2.45) is 0 Å². The molecule has 1 aliphatic rings. The molecular weight excluding hydrogens is 226 g/mol. The lowest BCUT2D eigenvalue weighted by molar-refractivity contribution is 0.421. The number of hydrogen-bond donors (Lipinski definition) is 1. The molecule has 0 radical (unpaired) electrons. The van der Waals surface area contributed by atoms with Crippen LogP contribution >= 0.6 is 0 Å². The van der Waals surface area contributed by atoms with Crippen LogP contribution in [0.25, 0.3) is 0 Å². The van der Waals surface area contributed by atoms with Crippen LogP contribution < -0.4 is 5.73 Å². The van der Waals surface area contributed by atoms with Crippen LogP contribution in [0.2, 0.25) is 0 Å². The highest BCUT2D eigenvalue weighted by atomic mass is 32.2. The zero-order chi connectivity index (χ0) is 11.8. The van der Waals surface area contributed by atoms with E-state index >= 15 is 0 Å². The maximum absolute atomic E-state index is 12.2. The van der Waals surface area contributed by atoms with Gasteiger partial charge in [0.1, 0.15) is 5.82 Å². The molecule has 1 heterocycles. The molecule has 0 bridgehead atoms. The predicted octanol–water partition coefficient (Wildman–Crippen LogP) is 0.837. The Kier molecular flexibility index (Phi) is 2.86. The summed E-state index contributed by atoms with van der Waals surface area (Å²) in [6.45, 7) is 2.34. The van der Waals surface area contributed by atoms with Crippen LogP contribution in [-0.4, -0.2) is 30.3 Å². The summed E-state index contributed by atoms with van der Waals surface area (Å²) in [5.41, 5.74) is 5.49. The molecule has 1 fully saturated rings. The van der Waals surface area contributed by atoms with Crippen molar-refractivity contribution in [3.05, 3.63) is 18.3 Å². The highest BCUT2D eigenvalue weighted by molar-refractivity contribution is 7.89. The molecule has 0 spiro atoms. The SMILES string of the molecule is CCN(C1CC1)S(=O)(=O)c1ccnc(N)c1. The van der Waals surface area contributed by atoms with Crippen molar-refractivity contribution in [2.45, 2.75) is 30.7 Å². The van der Waals surface area contributed by atoms with Gasteiger partial charge < -0.3 is 5.73 Å². The fourth-order valence-corrected chi connectivity index (χ4v) is 3.43. The minimum absolute atomic E-state index is 0.171. The van der Waals surface area contributed by atoms with E-state index in [4.69, 9.17) is 5.73 Å². The number of pyridine rings is 1. The Balaban J connectivity index is 2.37. The third-order valence-corrected chi connectivity index (χ3v) is 4.65. The molecule has 0 aliphatic heterocycles. The largest absolute Gasteiger partial charge is 0.384 e. The van der Waals surface area contributed by atoms with Gasteiger partial charge in [0.2, 0.25) is 10.0 Å². The first-order chi connectivity index (χ1) is 7.55. The number of anilines is 1. The molecule has 0 aromatic carbocycles. The summed E-state index contributed by atoms with van der Waals surface area (Å²) >= 11 is 0. The minimum Gasteiger partial charge on any atom is -0.384 e. The number of rotatable bonds is 4. The Morgan fingerprint density at radius 2 is 2.25 bits per heavy atom. The van der Waals surface area contributed by atoms with Crippen LogP contribution in [0.1, 0.15) is 19.8 Å². The Hall–Kier alpha value is -1.14. The number of sulfonamides is 1. The van der Waals surface area contributed by atoms with Gasteiger partial charge >= 0.3 is 0 Å². The van der Waals surface area contributed by atoms with Gasteiger partial charge in [-0.3, -0.25) is 0 Å². The summed E-state index contributed by atoms with van der Waals surface area (Å²) in [6.07, 6.45) is 3.32. The highest BCUT2D eigenvalue weighted by Gasteiger charge is 2.36. The smallest absolute Gasteiger partial charge is 0.243 e. The van der Waals surface area contributed by atoms with Gasteiger partial charge in [0, 0.05) is 24.8 Å². The maximum Gasteiger partial charge on any atom is 0.243 e. The van der Waals surface area contributed by atoms with Gasteiger partial charge in [-0.25, -0.2) is 13.4 Å². The van der Waals surface area contributed by atoms with Crippen molar-refractivity contribution in [1.82, 2.24) is 9.29 Å². The van der Waals surface area contributed by atoms with Crippen molar-refractivity contribution in [3.8, 4) is 0 Å². The summed E-state index contributed by atoms with van der Waals surface area (Å²) in [7, 11) is -3.40. The monoisotopic (exact) mass is 241 g/mol. The van der Waals surface area contributed by atoms with Gasteiger partial charge in [-0.1, -0.05) is 6.92 Å². The van der Waals surface area contributed by atoms with Gasteiger partial charge in [-0.2, -0.15) is 4.31 Å². The van der Waals surface area contributed by atoms with Gasteiger partial charge in [-0.05, 0) is 18.9 Å². The van der Waals surface area contributed by atoms with Crippen LogP contribution in [0, 0.1) is 0 Å². The van der Waals surface area contributed by atoms with E-state index in [9.17, 15) is 8.42 Å². The van der Waals surface area contributed by atoms with Gasteiger partial charge in [0.05, 0.1) is 4.90 Å². The molecule has 0 saturated heterocycles. The lowest BCUT2D eigenvalue weighted by Crippen LogP contribution is -2.32. The van der Waals surface area contributed by atoms with Crippen molar-refractivity contribution in [3.63, 3.8) is 0 Å². The number of nitrogens with two attached hydrogens (primary N) is 1. The molecule has 1 aliphatic carbocycles. The van der Waals surface area contributed by atoms with E-state index < -0.39 is 10.0 Å². The van der Waals surface area contributed by atoms with Crippen molar-refractivity contribution < 1.29 is 8.42 Å². The van der Waals surface area contributed by atoms with Crippen LogP contribution in [-0.2, 0) is 10.0 Å². The van der Waals surface area contributed by atoms with E-state index in [1.54, 1.807) is 0 Å². The molecule has 2 N–H and O–H groups in total. The summed E-state index contributed by atoms with van der Waals surface area (Å²) in [5, 5.41) is 0. The van der Waals surface area contributed by atoms with Crippen LogP contribution in [0.3, 0.4) is 0 Å². The second-order valence-electron chi connectivity index (χ2n) is 3.86. The topological polar surface area (TPSA) is 76.3 Å². The third kappa shape index (κ3) is 2.03. The summed E-state index contributed by atoms with van der Waals surface area (Å²) in [4.78, 5) is 4.02. The van der Waals surface area contributed by atoms with Gasteiger partial charge in [-0.15, -0.1) is 0 Å². The average molecular weight is 241 g/mol. The molecule has 0 unspecified atom stereocenters. The Morgan fingerprint density at radius 3 is 2.75 bits per heavy atom. The van der Waals surface area contributed by atoms with Crippen LogP contribution in [0.15, 0.2) is 23.2 Å². The lowest BCUT2D eigenvalue weighted by atomic mass is 10.5. The first-order valence-electron chi connectivity index (χ1n) is 5.29. The molecule has 2 rings (SSSR count). The molecule has 0 atom stereocenters. The fourth-order valence-electron chi connectivity index (χ4n) is 1.71. The second-order valence-corrected chi connectivity index (χ2v) is 5.75. The second kappa shape index (κ2) is 4.03. The van der Waals surface area contributed by atoms with Crippen LogP contribution in [0.5, 0.6) is 0 Å². The minimum atomic E-state index is -3.40. The summed E-state index contributed by atoms with van der Waals surface area (Å²) in [5.74, 6) is 0.230. The molecule has 88 valence electrons. The molecule has 16 heavy (non-hydrogen) atoms. The zero-order valence-corrected chi connectivity index (χ0v) is 9.94. The number of nitrogens with zero attached hydrogens (tertiary/aromatic N) is 2. The van der Waals surface area contributed by atoms with Gasteiger partial charge in [0.25, 0.3) is 0 Å². The third-order valence-electron chi connectivity index (χ3n) is 2.62. The molecule has 1 aromatic heterocycles. The quantitative estimate of drug-likeness (QED) is 0.847. The van der Waals surface area contributed by atoms with E-state index in [-0.39, 0.29) is 16.8 Å². The summed E-state index contributed by atoms with van der Waals surface area (Å²) in [6, 6.07) is 3.06. The van der Waals surface area contributed by atoms with Crippen molar-refractivity contribution >= 4 is 15.8 Å². The van der Waals surface area contributed by atoms with E-state index in [1.165, 1.54) is 22.6 Å². The molecule has 0 amide bonds. The lowest BCUT2D eigenvalue weighted by Gasteiger charge is -2.19.